The Labute approximate surface area is 134 Å². The Morgan fingerprint density at radius 1 is 1.59 bits per heavy atom. The number of nitrogens with zero attached hydrogens (tertiary/aromatic N) is 1. The van der Waals surface area contributed by atoms with E-state index in [0.717, 1.165) is 36.3 Å². The van der Waals surface area contributed by atoms with E-state index < -0.39 is 0 Å². The van der Waals surface area contributed by atoms with E-state index in [9.17, 15) is 9.59 Å². The van der Waals surface area contributed by atoms with Crippen LogP contribution in [0.15, 0.2) is 23.1 Å². The average molecular weight is 322 g/mol. The summed E-state index contributed by atoms with van der Waals surface area (Å²) in [6.45, 7) is 2.65. The predicted octanol–water partition coefficient (Wildman–Crippen LogP) is 1.33. The smallest absolute Gasteiger partial charge is 0.251 e. The Morgan fingerprint density at radius 3 is 3.18 bits per heavy atom. The fourth-order valence-corrected chi connectivity index (χ4v) is 4.56. The van der Waals surface area contributed by atoms with Gasteiger partial charge in [-0.1, -0.05) is 0 Å². The zero-order chi connectivity index (χ0) is 15.6. The number of carbonyl (C=O) groups is 1. The summed E-state index contributed by atoms with van der Waals surface area (Å²) >= 11 is 1.92. The van der Waals surface area contributed by atoms with Gasteiger partial charge in [0.15, 0.2) is 0 Å². The minimum atomic E-state index is -0.134. The lowest BCUT2D eigenvalue weighted by Gasteiger charge is -2.38. The van der Waals surface area contributed by atoms with Gasteiger partial charge in [0.05, 0.1) is 5.60 Å². The van der Waals surface area contributed by atoms with Crippen LogP contribution < -0.4 is 10.9 Å². The summed E-state index contributed by atoms with van der Waals surface area (Å²) in [5.41, 5.74) is 0.735. The van der Waals surface area contributed by atoms with Crippen molar-refractivity contribution < 1.29 is 9.53 Å². The van der Waals surface area contributed by atoms with Crippen molar-refractivity contribution in [2.24, 2.45) is 0 Å². The summed E-state index contributed by atoms with van der Waals surface area (Å²) in [7, 11) is 0. The highest BCUT2D eigenvalue weighted by atomic mass is 32.2. The number of rotatable bonds is 3. The van der Waals surface area contributed by atoms with Gasteiger partial charge in [-0.25, -0.2) is 0 Å². The van der Waals surface area contributed by atoms with Gasteiger partial charge in [-0.2, -0.15) is 11.8 Å². The molecule has 1 N–H and O–H groups in total. The molecule has 3 heterocycles. The molecule has 2 aliphatic heterocycles. The monoisotopic (exact) mass is 322 g/mol. The second-order valence-corrected chi connectivity index (χ2v) is 7.37. The number of thioether (sulfide) groups is 1. The van der Waals surface area contributed by atoms with Crippen molar-refractivity contribution in [2.75, 3.05) is 18.1 Å². The molecule has 2 fully saturated rings. The number of hydrogen-bond acceptors (Lipinski definition) is 4. The standard InChI is InChI=1S/C16H22N2O3S/c1-12-2-5-18(15(20)8-12)10-14(19)17-13-3-6-21-16(9-13)4-7-22-11-16/h2,5,8,13H,3-4,6-7,9-11H2,1H3,(H,17,19). The minimum Gasteiger partial charge on any atom is -0.374 e. The van der Waals surface area contributed by atoms with Gasteiger partial charge in [0.1, 0.15) is 6.54 Å². The Hall–Kier alpha value is -1.27. The van der Waals surface area contributed by atoms with Gasteiger partial charge < -0.3 is 14.6 Å². The Balaban J connectivity index is 1.58. The molecule has 120 valence electrons. The first-order valence-corrected chi connectivity index (χ1v) is 8.90. The molecule has 0 aromatic carbocycles. The molecular formula is C16H22N2O3S. The highest BCUT2D eigenvalue weighted by Gasteiger charge is 2.40. The van der Waals surface area contributed by atoms with Crippen molar-refractivity contribution in [3.05, 3.63) is 34.2 Å². The van der Waals surface area contributed by atoms with Gasteiger partial charge >= 0.3 is 0 Å². The highest BCUT2D eigenvalue weighted by Crippen LogP contribution is 2.38. The number of aryl methyl sites for hydroxylation is 1. The number of aromatic nitrogens is 1. The summed E-state index contributed by atoms with van der Waals surface area (Å²) < 4.78 is 7.41. The second-order valence-electron chi connectivity index (χ2n) is 6.26. The van der Waals surface area contributed by atoms with Crippen LogP contribution in [0.25, 0.3) is 0 Å². The maximum atomic E-state index is 12.2. The van der Waals surface area contributed by atoms with Crippen LogP contribution in [0.4, 0.5) is 0 Å². The van der Waals surface area contributed by atoms with Crippen molar-refractivity contribution in [3.63, 3.8) is 0 Å². The molecule has 1 amide bonds. The third-order valence-corrected chi connectivity index (χ3v) is 5.61. The van der Waals surface area contributed by atoms with E-state index >= 15 is 0 Å². The second kappa shape index (κ2) is 6.46. The Morgan fingerprint density at radius 2 is 2.45 bits per heavy atom. The van der Waals surface area contributed by atoms with Crippen LogP contribution >= 0.6 is 11.8 Å². The van der Waals surface area contributed by atoms with Crippen LogP contribution in [0.2, 0.25) is 0 Å². The Bertz CT molecular complexity index is 608. The summed E-state index contributed by atoms with van der Waals surface area (Å²) in [6.07, 6.45) is 4.48. The van der Waals surface area contributed by atoms with Crippen molar-refractivity contribution in [3.8, 4) is 0 Å². The van der Waals surface area contributed by atoms with Gasteiger partial charge in [-0.05, 0) is 43.6 Å². The van der Waals surface area contributed by atoms with E-state index in [1.165, 1.54) is 4.57 Å². The minimum absolute atomic E-state index is 0.0401. The first-order chi connectivity index (χ1) is 10.6. The van der Waals surface area contributed by atoms with E-state index in [0.29, 0.717) is 6.61 Å². The number of hydrogen-bond donors (Lipinski definition) is 1. The van der Waals surface area contributed by atoms with Crippen LogP contribution in [-0.4, -0.2) is 40.2 Å². The molecule has 0 radical (unpaired) electrons. The summed E-state index contributed by atoms with van der Waals surface area (Å²) in [5.74, 6) is 2.06. The zero-order valence-corrected chi connectivity index (χ0v) is 13.7. The molecule has 2 unspecified atom stereocenters. The van der Waals surface area contributed by atoms with Gasteiger partial charge in [0.25, 0.3) is 5.56 Å². The molecule has 1 aromatic heterocycles. The van der Waals surface area contributed by atoms with E-state index in [-0.39, 0.29) is 29.7 Å². The maximum absolute atomic E-state index is 12.2. The molecule has 1 spiro atoms. The number of nitrogens with one attached hydrogen (secondary N) is 1. The van der Waals surface area contributed by atoms with Crippen LogP contribution in [-0.2, 0) is 16.1 Å². The van der Waals surface area contributed by atoms with Crippen molar-refractivity contribution in [1.82, 2.24) is 9.88 Å². The molecule has 22 heavy (non-hydrogen) atoms. The summed E-state index contributed by atoms with van der Waals surface area (Å²) in [5, 5.41) is 3.07. The van der Waals surface area contributed by atoms with Gasteiger partial charge in [0, 0.05) is 30.7 Å². The van der Waals surface area contributed by atoms with E-state index in [1.54, 1.807) is 12.3 Å². The molecule has 5 nitrogen and oxygen atoms in total. The molecule has 1 aromatic rings. The normalized spacial score (nSPS) is 28.0. The number of carbonyl (C=O) groups excluding carboxylic acids is 1. The molecule has 0 aliphatic carbocycles. The maximum Gasteiger partial charge on any atom is 0.251 e. The van der Waals surface area contributed by atoms with Gasteiger partial charge in [-0.3, -0.25) is 9.59 Å². The van der Waals surface area contributed by atoms with Crippen LogP contribution in [0.5, 0.6) is 0 Å². The lowest BCUT2D eigenvalue weighted by molar-refractivity contribution is -0.125. The number of pyridine rings is 1. The summed E-state index contributed by atoms with van der Waals surface area (Å²) in [6, 6.07) is 3.54. The van der Waals surface area contributed by atoms with Crippen molar-refractivity contribution in [2.45, 2.75) is 44.4 Å². The highest BCUT2D eigenvalue weighted by molar-refractivity contribution is 7.99. The largest absolute Gasteiger partial charge is 0.374 e. The molecule has 3 rings (SSSR count). The molecule has 2 saturated heterocycles. The van der Waals surface area contributed by atoms with Crippen LogP contribution in [0, 0.1) is 6.92 Å². The van der Waals surface area contributed by atoms with Crippen LogP contribution in [0.1, 0.15) is 24.8 Å². The van der Waals surface area contributed by atoms with Gasteiger partial charge in [0.2, 0.25) is 5.91 Å². The van der Waals surface area contributed by atoms with E-state index in [1.807, 2.05) is 24.8 Å². The fraction of sp³-hybridized carbons (Fsp3) is 0.625. The van der Waals surface area contributed by atoms with Crippen LogP contribution in [0.3, 0.4) is 0 Å². The van der Waals surface area contributed by atoms with E-state index in [2.05, 4.69) is 5.32 Å². The third kappa shape index (κ3) is 3.55. The Kier molecular flexibility index (Phi) is 4.59. The van der Waals surface area contributed by atoms with Gasteiger partial charge in [-0.15, -0.1) is 0 Å². The summed E-state index contributed by atoms with van der Waals surface area (Å²) in [4.78, 5) is 24.0. The van der Waals surface area contributed by atoms with E-state index in [4.69, 9.17) is 4.74 Å². The van der Waals surface area contributed by atoms with Crippen molar-refractivity contribution >= 4 is 17.7 Å². The lowest BCUT2D eigenvalue weighted by Crippen LogP contribution is -2.49. The molecule has 0 saturated carbocycles. The zero-order valence-electron chi connectivity index (χ0n) is 12.8. The molecule has 2 atom stereocenters. The third-order valence-electron chi connectivity index (χ3n) is 4.39. The first-order valence-electron chi connectivity index (χ1n) is 7.75. The fourth-order valence-electron chi connectivity index (χ4n) is 3.18. The SMILES string of the molecule is Cc1ccn(CC(=O)NC2CCOC3(CCSC3)C2)c(=O)c1. The van der Waals surface area contributed by atoms with Crippen molar-refractivity contribution in [1.29, 1.82) is 0 Å². The number of ether oxygens (including phenoxy) is 1. The molecule has 2 aliphatic rings. The molecule has 6 heteroatoms. The molecule has 0 bridgehead atoms. The predicted molar refractivity (Wildman–Crippen MR) is 87.2 cm³/mol. The number of amides is 1. The lowest BCUT2D eigenvalue weighted by atomic mass is 9.90. The molecular weight excluding hydrogens is 300 g/mol. The average Bonchev–Trinajstić information content (AvgIpc) is 2.90. The quantitative estimate of drug-likeness (QED) is 0.912. The topological polar surface area (TPSA) is 60.3 Å². The first kappa shape index (κ1) is 15.6.